The Morgan fingerprint density at radius 1 is 1.48 bits per heavy atom. The first kappa shape index (κ1) is 15.7. The van der Waals surface area contributed by atoms with Gasteiger partial charge in [-0.2, -0.15) is 10.4 Å². The van der Waals surface area contributed by atoms with Crippen LogP contribution in [0.3, 0.4) is 0 Å². The highest BCUT2D eigenvalue weighted by atomic mass is 32.1. The van der Waals surface area contributed by atoms with Crippen molar-refractivity contribution in [1.29, 1.82) is 5.26 Å². The molecule has 0 aliphatic carbocycles. The van der Waals surface area contributed by atoms with Gasteiger partial charge in [-0.3, -0.25) is 9.48 Å². The number of aryl methyl sites for hydroxylation is 1. The molecule has 1 aliphatic rings. The molecule has 1 fully saturated rings. The van der Waals surface area contributed by atoms with Crippen LogP contribution in [0, 0.1) is 18.3 Å². The predicted octanol–water partition coefficient (Wildman–Crippen LogP) is 1.72. The second-order valence-corrected chi connectivity index (χ2v) is 7.00. The van der Waals surface area contributed by atoms with Crippen molar-refractivity contribution in [1.82, 2.24) is 20.0 Å². The fourth-order valence-corrected chi connectivity index (χ4v) is 3.80. The van der Waals surface area contributed by atoms with Crippen LogP contribution in [0.4, 0.5) is 0 Å². The van der Waals surface area contributed by atoms with E-state index in [1.807, 2.05) is 44.0 Å². The lowest BCUT2D eigenvalue weighted by Crippen LogP contribution is -2.34. The molecule has 2 atom stereocenters. The first-order chi connectivity index (χ1) is 11.0. The van der Waals surface area contributed by atoms with E-state index in [1.54, 1.807) is 4.90 Å². The van der Waals surface area contributed by atoms with Gasteiger partial charge in [0.25, 0.3) is 0 Å². The van der Waals surface area contributed by atoms with Crippen molar-refractivity contribution in [2.75, 3.05) is 7.05 Å². The van der Waals surface area contributed by atoms with Crippen LogP contribution >= 0.6 is 11.3 Å². The highest BCUT2D eigenvalue weighted by molar-refractivity contribution is 7.12. The summed E-state index contributed by atoms with van der Waals surface area (Å²) >= 11 is 1.48. The van der Waals surface area contributed by atoms with Gasteiger partial charge in [0.05, 0.1) is 12.2 Å². The monoisotopic (exact) mass is 329 g/mol. The normalized spacial score (nSPS) is 21.0. The van der Waals surface area contributed by atoms with Crippen molar-refractivity contribution in [2.24, 2.45) is 7.05 Å². The van der Waals surface area contributed by atoms with Crippen LogP contribution in [0.25, 0.3) is 0 Å². The van der Waals surface area contributed by atoms with Crippen molar-refractivity contribution >= 4 is 17.2 Å². The van der Waals surface area contributed by atoms with Gasteiger partial charge < -0.3 is 10.2 Å². The molecule has 3 heterocycles. The first-order valence-corrected chi connectivity index (χ1v) is 8.29. The molecule has 7 heteroatoms. The molecule has 1 aliphatic heterocycles. The van der Waals surface area contributed by atoms with E-state index in [0.29, 0.717) is 17.8 Å². The Bertz CT molecular complexity index is 772. The van der Waals surface area contributed by atoms with E-state index in [2.05, 4.69) is 16.5 Å². The van der Waals surface area contributed by atoms with Crippen LogP contribution in [0.15, 0.2) is 18.3 Å². The van der Waals surface area contributed by atoms with Crippen LogP contribution in [-0.4, -0.2) is 33.7 Å². The number of nitrogens with one attached hydrogen (secondary N) is 1. The number of carbonyl (C=O) groups is 1. The summed E-state index contributed by atoms with van der Waals surface area (Å²) in [4.78, 5) is 15.8. The number of nitrogens with zero attached hydrogens (tertiary/aromatic N) is 4. The molecule has 3 rings (SSSR count). The molecular weight excluding hydrogens is 310 g/mol. The molecule has 0 spiro atoms. The first-order valence-electron chi connectivity index (χ1n) is 7.47. The van der Waals surface area contributed by atoms with Crippen LogP contribution < -0.4 is 5.32 Å². The number of amides is 1. The third-order valence-corrected chi connectivity index (χ3v) is 5.48. The molecule has 120 valence electrons. The van der Waals surface area contributed by atoms with Gasteiger partial charge in [0, 0.05) is 49.2 Å². The Morgan fingerprint density at radius 3 is 2.87 bits per heavy atom. The standard InChI is InChI=1S/C16H19N5OS/c1-10-13(9-19-21(10)3)16-14(6-15(22)20(16)2)18-8-12-5-4-11(7-17)23-12/h4-5,9,14,16,18H,6,8H2,1-3H3/t14-,16+/m1/s1. The number of hydrogen-bond acceptors (Lipinski definition) is 5. The maximum absolute atomic E-state index is 12.2. The summed E-state index contributed by atoms with van der Waals surface area (Å²) in [5.74, 6) is 0.139. The van der Waals surface area contributed by atoms with Crippen LogP contribution in [0.2, 0.25) is 0 Å². The van der Waals surface area contributed by atoms with E-state index in [-0.39, 0.29) is 18.0 Å². The number of thiophene rings is 1. The third-order valence-electron chi connectivity index (χ3n) is 4.49. The topological polar surface area (TPSA) is 74.0 Å². The van der Waals surface area contributed by atoms with Crippen LogP contribution in [0.1, 0.15) is 33.5 Å². The molecule has 0 unspecified atom stereocenters. The minimum Gasteiger partial charge on any atom is -0.337 e. The molecule has 1 amide bonds. The summed E-state index contributed by atoms with van der Waals surface area (Å²) < 4.78 is 1.83. The summed E-state index contributed by atoms with van der Waals surface area (Å²) in [6.45, 7) is 2.68. The molecule has 1 saturated heterocycles. The molecule has 2 aromatic rings. The predicted molar refractivity (Wildman–Crippen MR) is 87.7 cm³/mol. The average molecular weight is 329 g/mol. The highest BCUT2D eigenvalue weighted by Gasteiger charge is 2.39. The highest BCUT2D eigenvalue weighted by Crippen LogP contribution is 2.33. The minimum atomic E-state index is -0.00778. The van der Waals surface area contributed by atoms with E-state index < -0.39 is 0 Å². The van der Waals surface area contributed by atoms with Crippen molar-refractivity contribution in [3.63, 3.8) is 0 Å². The minimum absolute atomic E-state index is 0.00778. The number of rotatable bonds is 4. The Morgan fingerprint density at radius 2 is 2.26 bits per heavy atom. The Hall–Kier alpha value is -2.17. The number of nitriles is 1. The van der Waals surface area contributed by atoms with Crippen molar-refractivity contribution in [2.45, 2.75) is 32.0 Å². The number of likely N-dealkylation sites (tertiary alicyclic amines) is 1. The summed E-state index contributed by atoms with van der Waals surface area (Å²) in [6.07, 6.45) is 2.33. The second-order valence-electron chi connectivity index (χ2n) is 5.83. The molecule has 23 heavy (non-hydrogen) atoms. The number of carbonyl (C=O) groups excluding carboxylic acids is 1. The zero-order valence-electron chi connectivity index (χ0n) is 13.4. The second kappa shape index (κ2) is 6.14. The number of hydrogen-bond donors (Lipinski definition) is 1. The largest absolute Gasteiger partial charge is 0.337 e. The summed E-state index contributed by atoms with van der Waals surface area (Å²) in [5, 5.41) is 16.7. The Balaban J connectivity index is 1.78. The SMILES string of the molecule is Cc1c([C@H]2[C@H](NCc3ccc(C#N)s3)CC(=O)N2C)cnn1C. The van der Waals surface area contributed by atoms with E-state index in [0.717, 1.165) is 16.1 Å². The van der Waals surface area contributed by atoms with Gasteiger partial charge >= 0.3 is 0 Å². The summed E-state index contributed by atoms with van der Waals surface area (Å²) in [7, 11) is 3.76. The van der Waals surface area contributed by atoms with E-state index in [4.69, 9.17) is 5.26 Å². The quantitative estimate of drug-likeness (QED) is 0.927. The maximum atomic E-state index is 12.2. The summed E-state index contributed by atoms with van der Waals surface area (Å²) in [6, 6.07) is 5.98. The smallest absolute Gasteiger partial charge is 0.224 e. The molecule has 1 N–H and O–H groups in total. The lowest BCUT2D eigenvalue weighted by molar-refractivity contribution is -0.127. The molecular formula is C16H19N5OS. The fourth-order valence-electron chi connectivity index (χ4n) is 3.05. The van der Waals surface area contributed by atoms with Gasteiger partial charge in [0.1, 0.15) is 10.9 Å². The van der Waals surface area contributed by atoms with Crippen LogP contribution in [0.5, 0.6) is 0 Å². The zero-order chi connectivity index (χ0) is 16.6. The van der Waals surface area contributed by atoms with E-state index in [1.165, 1.54) is 11.3 Å². The molecule has 0 saturated carbocycles. The van der Waals surface area contributed by atoms with E-state index >= 15 is 0 Å². The van der Waals surface area contributed by atoms with Crippen molar-refractivity contribution in [3.05, 3.63) is 39.3 Å². The lowest BCUT2D eigenvalue weighted by Gasteiger charge is -2.25. The molecule has 6 nitrogen and oxygen atoms in total. The van der Waals surface area contributed by atoms with E-state index in [9.17, 15) is 4.79 Å². The number of aromatic nitrogens is 2. The Labute approximate surface area is 139 Å². The van der Waals surface area contributed by atoms with Gasteiger partial charge in [-0.1, -0.05) is 0 Å². The van der Waals surface area contributed by atoms with Gasteiger partial charge in [-0.05, 0) is 19.1 Å². The van der Waals surface area contributed by atoms with Gasteiger partial charge in [0.15, 0.2) is 0 Å². The molecule has 2 aromatic heterocycles. The van der Waals surface area contributed by atoms with Crippen LogP contribution in [-0.2, 0) is 18.4 Å². The molecule has 0 bridgehead atoms. The Kier molecular flexibility index (Phi) is 4.20. The van der Waals surface area contributed by atoms with Crippen molar-refractivity contribution in [3.8, 4) is 6.07 Å². The van der Waals surface area contributed by atoms with Crippen molar-refractivity contribution < 1.29 is 4.79 Å². The number of likely N-dealkylation sites (N-methyl/N-ethyl adjacent to an activating group) is 1. The van der Waals surface area contributed by atoms with Gasteiger partial charge in [-0.25, -0.2) is 0 Å². The lowest BCUT2D eigenvalue weighted by atomic mass is 10.0. The summed E-state index contributed by atoms with van der Waals surface area (Å²) in [5.41, 5.74) is 2.16. The third kappa shape index (κ3) is 2.87. The zero-order valence-corrected chi connectivity index (χ0v) is 14.2. The van der Waals surface area contributed by atoms with Gasteiger partial charge in [-0.15, -0.1) is 11.3 Å². The van der Waals surface area contributed by atoms with Gasteiger partial charge in [0.2, 0.25) is 5.91 Å². The fraction of sp³-hybridized carbons (Fsp3) is 0.438. The average Bonchev–Trinajstić information content (AvgIpc) is 3.20. The molecule has 0 radical (unpaired) electrons. The molecule has 0 aromatic carbocycles. The maximum Gasteiger partial charge on any atom is 0.224 e.